The van der Waals surface area contributed by atoms with Gasteiger partial charge in [0.1, 0.15) is 0 Å². The first-order valence-corrected chi connectivity index (χ1v) is 8.07. The highest BCUT2D eigenvalue weighted by molar-refractivity contribution is 8.00. The molecule has 1 N–H and O–H groups in total. The van der Waals surface area contributed by atoms with Crippen LogP contribution in [0.2, 0.25) is 0 Å². The lowest BCUT2D eigenvalue weighted by Crippen LogP contribution is -2.35. The Bertz CT molecular complexity index is 467. The second-order valence-electron chi connectivity index (χ2n) is 6.83. The van der Waals surface area contributed by atoms with E-state index in [1.54, 1.807) is 12.1 Å². The van der Waals surface area contributed by atoms with Crippen molar-refractivity contribution in [1.29, 1.82) is 0 Å². The van der Waals surface area contributed by atoms with Crippen LogP contribution < -0.4 is 5.32 Å². The Kier molecular flexibility index (Phi) is 4.81. The van der Waals surface area contributed by atoms with Crippen LogP contribution in [0, 0.1) is 11.3 Å². The van der Waals surface area contributed by atoms with Crippen LogP contribution in [0.4, 0.5) is 18.9 Å². The molecule has 118 valence electrons. The van der Waals surface area contributed by atoms with E-state index >= 15 is 0 Å². The molecule has 2 rings (SSSR count). The average molecular weight is 317 g/mol. The Balaban J connectivity index is 1.97. The molecule has 1 saturated carbocycles. The van der Waals surface area contributed by atoms with Crippen molar-refractivity contribution >= 4 is 17.4 Å². The molecule has 1 aliphatic carbocycles. The van der Waals surface area contributed by atoms with E-state index in [1.165, 1.54) is 18.6 Å². The minimum atomic E-state index is -4.22. The van der Waals surface area contributed by atoms with Crippen molar-refractivity contribution in [2.45, 2.75) is 56.5 Å². The Hall–Kier alpha value is -0.840. The van der Waals surface area contributed by atoms with Crippen molar-refractivity contribution in [3.8, 4) is 0 Å². The van der Waals surface area contributed by atoms with Gasteiger partial charge in [0, 0.05) is 16.6 Å². The standard InChI is InChI=1S/C16H22F3NS/c1-11-8-13(10-15(2,3)9-11)20-12-4-6-14(7-5-12)21-16(17,18)19/h4-7,11,13,20H,8-10H2,1-3H3. The van der Waals surface area contributed by atoms with Gasteiger partial charge in [0.25, 0.3) is 0 Å². The van der Waals surface area contributed by atoms with E-state index in [4.69, 9.17) is 0 Å². The molecule has 0 heterocycles. The summed E-state index contributed by atoms with van der Waals surface area (Å²) in [5.41, 5.74) is -3.00. The van der Waals surface area contributed by atoms with Crippen molar-refractivity contribution in [1.82, 2.24) is 0 Å². The van der Waals surface area contributed by atoms with E-state index in [9.17, 15) is 13.2 Å². The number of rotatable bonds is 3. The molecular formula is C16H22F3NS. The predicted octanol–water partition coefficient (Wildman–Crippen LogP) is 5.93. The van der Waals surface area contributed by atoms with Crippen LogP contribution in [0.25, 0.3) is 0 Å². The Morgan fingerprint density at radius 1 is 1.14 bits per heavy atom. The fourth-order valence-electron chi connectivity index (χ4n) is 3.44. The predicted molar refractivity (Wildman–Crippen MR) is 82.6 cm³/mol. The first-order chi connectivity index (χ1) is 9.63. The van der Waals surface area contributed by atoms with Crippen molar-refractivity contribution in [3.63, 3.8) is 0 Å². The molecule has 2 atom stereocenters. The molecule has 1 aromatic rings. The minimum Gasteiger partial charge on any atom is -0.382 e. The number of alkyl halides is 3. The summed E-state index contributed by atoms with van der Waals surface area (Å²) in [6.45, 7) is 6.82. The number of benzene rings is 1. The molecule has 5 heteroatoms. The van der Waals surface area contributed by atoms with Crippen molar-refractivity contribution in [2.24, 2.45) is 11.3 Å². The van der Waals surface area contributed by atoms with Crippen molar-refractivity contribution in [3.05, 3.63) is 24.3 Å². The first-order valence-electron chi connectivity index (χ1n) is 7.25. The van der Waals surface area contributed by atoms with E-state index in [1.807, 2.05) is 0 Å². The molecule has 0 aliphatic heterocycles. The monoisotopic (exact) mass is 317 g/mol. The number of anilines is 1. The summed E-state index contributed by atoms with van der Waals surface area (Å²) in [6.07, 6.45) is 3.44. The van der Waals surface area contributed by atoms with E-state index < -0.39 is 5.51 Å². The lowest BCUT2D eigenvalue weighted by atomic mass is 9.70. The summed E-state index contributed by atoms with van der Waals surface area (Å²) in [5.74, 6) is 0.673. The number of thioether (sulfide) groups is 1. The van der Waals surface area contributed by atoms with E-state index in [0.717, 1.165) is 18.5 Å². The van der Waals surface area contributed by atoms with Crippen LogP contribution in [0.5, 0.6) is 0 Å². The van der Waals surface area contributed by atoms with Crippen LogP contribution in [-0.4, -0.2) is 11.6 Å². The molecule has 0 amide bonds. The third-order valence-electron chi connectivity index (χ3n) is 3.85. The fourth-order valence-corrected chi connectivity index (χ4v) is 3.98. The maximum atomic E-state index is 12.3. The molecule has 21 heavy (non-hydrogen) atoms. The van der Waals surface area contributed by atoms with E-state index in [-0.39, 0.29) is 16.7 Å². The molecule has 0 saturated heterocycles. The third-order valence-corrected chi connectivity index (χ3v) is 4.58. The van der Waals surface area contributed by atoms with Gasteiger partial charge in [-0.1, -0.05) is 20.8 Å². The summed E-state index contributed by atoms with van der Waals surface area (Å²) < 4.78 is 36.9. The highest BCUT2D eigenvalue weighted by Gasteiger charge is 2.32. The largest absolute Gasteiger partial charge is 0.446 e. The Labute approximate surface area is 128 Å². The molecule has 0 radical (unpaired) electrons. The zero-order chi connectivity index (χ0) is 15.7. The normalized spacial score (nSPS) is 25.6. The van der Waals surface area contributed by atoms with Gasteiger partial charge < -0.3 is 5.32 Å². The first kappa shape index (κ1) is 16.5. The summed E-state index contributed by atoms with van der Waals surface area (Å²) in [4.78, 5) is 0.227. The second kappa shape index (κ2) is 6.11. The van der Waals surface area contributed by atoms with Gasteiger partial charge in [0.2, 0.25) is 0 Å². The maximum absolute atomic E-state index is 12.3. The minimum absolute atomic E-state index is 0.0721. The van der Waals surface area contributed by atoms with Crippen LogP contribution >= 0.6 is 11.8 Å². The molecule has 1 aliphatic rings. The molecule has 1 aromatic carbocycles. The lowest BCUT2D eigenvalue weighted by Gasteiger charge is -2.39. The number of hydrogen-bond acceptors (Lipinski definition) is 2. The average Bonchev–Trinajstić information content (AvgIpc) is 2.27. The molecule has 0 spiro atoms. The van der Waals surface area contributed by atoms with Crippen LogP contribution in [0.3, 0.4) is 0 Å². The quantitative estimate of drug-likeness (QED) is 0.694. The SMILES string of the molecule is CC1CC(Nc2ccc(SC(F)(F)F)cc2)CC(C)(C)C1. The topological polar surface area (TPSA) is 12.0 Å². The Morgan fingerprint density at radius 2 is 1.76 bits per heavy atom. The molecular weight excluding hydrogens is 295 g/mol. The number of halogens is 3. The van der Waals surface area contributed by atoms with Crippen LogP contribution in [-0.2, 0) is 0 Å². The molecule has 1 nitrogen and oxygen atoms in total. The molecule has 2 unspecified atom stereocenters. The number of hydrogen-bond donors (Lipinski definition) is 1. The second-order valence-corrected chi connectivity index (χ2v) is 7.97. The van der Waals surface area contributed by atoms with E-state index in [0.29, 0.717) is 17.4 Å². The smallest absolute Gasteiger partial charge is 0.382 e. The summed E-state index contributed by atoms with van der Waals surface area (Å²) >= 11 is -0.0721. The summed E-state index contributed by atoms with van der Waals surface area (Å²) in [5, 5.41) is 3.47. The van der Waals surface area contributed by atoms with Gasteiger partial charge in [-0.25, -0.2) is 0 Å². The molecule has 0 aromatic heterocycles. The highest BCUT2D eigenvalue weighted by Crippen LogP contribution is 2.40. The molecule has 0 bridgehead atoms. The fraction of sp³-hybridized carbons (Fsp3) is 0.625. The van der Waals surface area contributed by atoms with Gasteiger partial charge in [-0.15, -0.1) is 0 Å². The van der Waals surface area contributed by atoms with Gasteiger partial charge >= 0.3 is 5.51 Å². The van der Waals surface area contributed by atoms with Crippen LogP contribution in [0.15, 0.2) is 29.2 Å². The maximum Gasteiger partial charge on any atom is 0.446 e. The van der Waals surface area contributed by atoms with Gasteiger partial charge in [-0.3, -0.25) is 0 Å². The van der Waals surface area contributed by atoms with Crippen molar-refractivity contribution in [2.75, 3.05) is 5.32 Å². The molecule has 1 fully saturated rings. The highest BCUT2D eigenvalue weighted by atomic mass is 32.2. The Morgan fingerprint density at radius 3 is 2.29 bits per heavy atom. The third kappa shape index (κ3) is 5.46. The van der Waals surface area contributed by atoms with Crippen molar-refractivity contribution < 1.29 is 13.2 Å². The number of nitrogens with one attached hydrogen (secondary N) is 1. The summed E-state index contributed by atoms with van der Waals surface area (Å²) in [6, 6.07) is 6.92. The zero-order valence-electron chi connectivity index (χ0n) is 12.6. The van der Waals surface area contributed by atoms with Gasteiger partial charge in [-0.2, -0.15) is 13.2 Å². The lowest BCUT2D eigenvalue weighted by molar-refractivity contribution is -0.0328. The van der Waals surface area contributed by atoms with Gasteiger partial charge in [0.15, 0.2) is 0 Å². The summed E-state index contributed by atoms with van der Waals surface area (Å²) in [7, 11) is 0. The van der Waals surface area contributed by atoms with Crippen LogP contribution in [0.1, 0.15) is 40.0 Å². The van der Waals surface area contributed by atoms with Gasteiger partial charge in [-0.05, 0) is 66.6 Å². The zero-order valence-corrected chi connectivity index (χ0v) is 13.4. The van der Waals surface area contributed by atoms with Gasteiger partial charge in [0.05, 0.1) is 0 Å². The van der Waals surface area contributed by atoms with E-state index in [2.05, 4.69) is 26.1 Å².